The number of nitrogens with one attached hydrogen (secondary N) is 2. The minimum Gasteiger partial charge on any atom is -0.444 e. The molecule has 112 valence electrons. The van der Waals surface area contributed by atoms with Crippen LogP contribution in [0.15, 0.2) is 28.9 Å². The third-order valence-electron chi connectivity index (χ3n) is 3.30. The zero-order valence-electron chi connectivity index (χ0n) is 12.5. The summed E-state index contributed by atoms with van der Waals surface area (Å²) in [5, 5.41) is 5.68. The molecule has 21 heavy (non-hydrogen) atoms. The van der Waals surface area contributed by atoms with Crippen LogP contribution in [0.3, 0.4) is 0 Å². The van der Waals surface area contributed by atoms with Gasteiger partial charge in [-0.25, -0.2) is 9.78 Å². The molecule has 2 aromatic rings. The van der Waals surface area contributed by atoms with Gasteiger partial charge in [0.25, 0.3) is 0 Å². The monoisotopic (exact) mass is 288 g/mol. The topological polar surface area (TPSA) is 80.0 Å². The maximum atomic E-state index is 11.9. The first kappa shape index (κ1) is 15.0. The van der Waals surface area contributed by atoms with Gasteiger partial charge in [0.2, 0.25) is 5.89 Å². The first-order chi connectivity index (χ1) is 10.1. The van der Waals surface area contributed by atoms with Crippen LogP contribution in [0.4, 0.5) is 4.79 Å². The van der Waals surface area contributed by atoms with Crippen LogP contribution in [0.5, 0.6) is 0 Å². The Balaban J connectivity index is 1.88. The maximum absolute atomic E-state index is 11.9. The van der Waals surface area contributed by atoms with Gasteiger partial charge in [0.1, 0.15) is 5.76 Å². The van der Waals surface area contributed by atoms with E-state index in [0.717, 1.165) is 23.4 Å². The molecule has 0 radical (unpaired) electrons. The third-order valence-corrected chi connectivity index (χ3v) is 3.30. The molecule has 2 amide bonds. The Bertz CT molecular complexity index is 575. The predicted molar refractivity (Wildman–Crippen MR) is 78.6 cm³/mol. The number of aryl methyl sites for hydroxylation is 2. The second kappa shape index (κ2) is 6.88. The molecule has 6 heteroatoms. The van der Waals surface area contributed by atoms with Gasteiger partial charge in [0.05, 0.1) is 18.3 Å². The van der Waals surface area contributed by atoms with Crippen molar-refractivity contribution < 1.29 is 9.21 Å². The van der Waals surface area contributed by atoms with Crippen molar-refractivity contribution in [2.24, 2.45) is 0 Å². The summed E-state index contributed by atoms with van der Waals surface area (Å²) in [4.78, 5) is 20.1. The lowest BCUT2D eigenvalue weighted by Crippen LogP contribution is -2.37. The summed E-state index contributed by atoms with van der Waals surface area (Å²) in [6.07, 6.45) is 4.24. The molecule has 0 spiro atoms. The van der Waals surface area contributed by atoms with Crippen LogP contribution in [0.25, 0.3) is 0 Å². The molecule has 0 aliphatic rings. The summed E-state index contributed by atoms with van der Waals surface area (Å²) in [5.74, 6) is 1.28. The number of aromatic nitrogens is 2. The van der Waals surface area contributed by atoms with Gasteiger partial charge in [-0.05, 0) is 38.0 Å². The summed E-state index contributed by atoms with van der Waals surface area (Å²) in [6, 6.07) is 3.51. The molecule has 0 saturated heterocycles. The van der Waals surface area contributed by atoms with Crippen LogP contribution >= 0.6 is 0 Å². The Labute approximate surface area is 124 Å². The fourth-order valence-electron chi connectivity index (χ4n) is 2.00. The van der Waals surface area contributed by atoms with Crippen molar-refractivity contribution in [1.82, 2.24) is 20.6 Å². The van der Waals surface area contributed by atoms with E-state index in [-0.39, 0.29) is 18.6 Å². The van der Waals surface area contributed by atoms with Crippen molar-refractivity contribution in [1.29, 1.82) is 0 Å². The number of hydrogen-bond donors (Lipinski definition) is 2. The summed E-state index contributed by atoms with van der Waals surface area (Å²) < 4.78 is 5.42. The highest BCUT2D eigenvalue weighted by Gasteiger charge is 2.13. The number of urea groups is 1. The van der Waals surface area contributed by atoms with E-state index >= 15 is 0 Å². The average molecular weight is 288 g/mol. The number of amides is 2. The molecule has 1 atom stereocenters. The van der Waals surface area contributed by atoms with E-state index in [1.807, 2.05) is 32.9 Å². The van der Waals surface area contributed by atoms with E-state index in [9.17, 15) is 4.79 Å². The van der Waals surface area contributed by atoms with Crippen LogP contribution in [-0.4, -0.2) is 16.0 Å². The normalized spacial score (nSPS) is 12.0. The van der Waals surface area contributed by atoms with Crippen molar-refractivity contribution in [3.63, 3.8) is 0 Å². The molecule has 0 saturated carbocycles. The van der Waals surface area contributed by atoms with Crippen molar-refractivity contribution >= 4 is 6.03 Å². The van der Waals surface area contributed by atoms with E-state index < -0.39 is 0 Å². The average Bonchev–Trinajstić information content (AvgIpc) is 2.82. The number of hydrogen-bond acceptors (Lipinski definition) is 4. The highest BCUT2D eigenvalue weighted by atomic mass is 16.4. The van der Waals surface area contributed by atoms with E-state index in [2.05, 4.69) is 20.6 Å². The molecule has 0 aliphatic carbocycles. The SMILES string of the molecule is CC[C@@H](NC(=O)NCc1nc(C)c(C)o1)c1ccncc1. The lowest BCUT2D eigenvalue weighted by Gasteiger charge is -2.17. The Kier molecular flexibility index (Phi) is 4.92. The molecule has 0 aliphatic heterocycles. The number of rotatable bonds is 5. The van der Waals surface area contributed by atoms with Crippen molar-refractivity contribution in [2.45, 2.75) is 39.8 Å². The van der Waals surface area contributed by atoms with Crippen LogP contribution in [0.1, 0.15) is 42.3 Å². The Hall–Kier alpha value is -2.37. The van der Waals surface area contributed by atoms with E-state index in [1.54, 1.807) is 12.4 Å². The van der Waals surface area contributed by atoms with Crippen molar-refractivity contribution in [3.8, 4) is 0 Å². The molecule has 2 aromatic heterocycles. The number of pyridine rings is 1. The molecular weight excluding hydrogens is 268 g/mol. The van der Waals surface area contributed by atoms with E-state index in [4.69, 9.17) is 4.42 Å². The summed E-state index contributed by atoms with van der Waals surface area (Å²) in [7, 11) is 0. The molecular formula is C15H20N4O2. The summed E-state index contributed by atoms with van der Waals surface area (Å²) in [6.45, 7) is 6.01. The Morgan fingerprint density at radius 1 is 1.33 bits per heavy atom. The van der Waals surface area contributed by atoms with Gasteiger partial charge >= 0.3 is 6.03 Å². The van der Waals surface area contributed by atoms with Gasteiger partial charge in [-0.15, -0.1) is 0 Å². The van der Waals surface area contributed by atoms with Crippen molar-refractivity contribution in [3.05, 3.63) is 47.4 Å². The Morgan fingerprint density at radius 3 is 2.62 bits per heavy atom. The van der Waals surface area contributed by atoms with E-state index in [0.29, 0.717) is 5.89 Å². The van der Waals surface area contributed by atoms with Crippen LogP contribution in [0, 0.1) is 13.8 Å². The molecule has 2 heterocycles. The van der Waals surface area contributed by atoms with Crippen LogP contribution in [-0.2, 0) is 6.54 Å². The van der Waals surface area contributed by atoms with Gasteiger partial charge in [-0.2, -0.15) is 0 Å². The van der Waals surface area contributed by atoms with Gasteiger partial charge in [-0.3, -0.25) is 4.98 Å². The number of nitrogens with zero attached hydrogens (tertiary/aromatic N) is 2. The maximum Gasteiger partial charge on any atom is 0.315 e. The summed E-state index contributed by atoms with van der Waals surface area (Å²) in [5.41, 5.74) is 1.88. The molecule has 0 bridgehead atoms. The standard InChI is InChI=1S/C15H20N4O2/c1-4-13(12-5-7-16-8-6-12)19-15(20)17-9-14-18-10(2)11(3)21-14/h5-8,13H,4,9H2,1-3H3,(H2,17,19,20)/t13-/m1/s1. The number of carbonyl (C=O) groups excluding carboxylic acids is 1. The zero-order valence-corrected chi connectivity index (χ0v) is 12.5. The molecule has 0 fully saturated rings. The van der Waals surface area contributed by atoms with Crippen LogP contribution in [0.2, 0.25) is 0 Å². The smallest absolute Gasteiger partial charge is 0.315 e. The fourth-order valence-corrected chi connectivity index (χ4v) is 2.00. The highest BCUT2D eigenvalue weighted by molar-refractivity contribution is 5.74. The van der Waals surface area contributed by atoms with Gasteiger partial charge in [-0.1, -0.05) is 6.92 Å². The lowest BCUT2D eigenvalue weighted by atomic mass is 10.1. The highest BCUT2D eigenvalue weighted by Crippen LogP contribution is 2.15. The summed E-state index contributed by atoms with van der Waals surface area (Å²) >= 11 is 0. The predicted octanol–water partition coefficient (Wildman–Crippen LogP) is 2.64. The number of carbonyl (C=O) groups is 1. The quantitative estimate of drug-likeness (QED) is 0.886. The zero-order chi connectivity index (χ0) is 15.2. The molecule has 0 aromatic carbocycles. The van der Waals surface area contributed by atoms with Gasteiger partial charge in [0.15, 0.2) is 0 Å². The number of oxazole rings is 1. The first-order valence-corrected chi connectivity index (χ1v) is 6.97. The van der Waals surface area contributed by atoms with Gasteiger partial charge in [0, 0.05) is 12.4 Å². The molecule has 6 nitrogen and oxygen atoms in total. The minimum atomic E-state index is -0.243. The largest absolute Gasteiger partial charge is 0.444 e. The first-order valence-electron chi connectivity index (χ1n) is 6.97. The lowest BCUT2D eigenvalue weighted by molar-refractivity contribution is 0.235. The second-order valence-corrected chi connectivity index (χ2v) is 4.82. The second-order valence-electron chi connectivity index (χ2n) is 4.82. The molecule has 2 rings (SSSR count). The molecule has 2 N–H and O–H groups in total. The molecule has 0 unspecified atom stereocenters. The Morgan fingerprint density at radius 2 is 2.05 bits per heavy atom. The fraction of sp³-hybridized carbons (Fsp3) is 0.400. The van der Waals surface area contributed by atoms with Gasteiger partial charge < -0.3 is 15.1 Å². The van der Waals surface area contributed by atoms with Crippen LogP contribution < -0.4 is 10.6 Å². The third kappa shape index (κ3) is 4.05. The van der Waals surface area contributed by atoms with Crippen molar-refractivity contribution in [2.75, 3.05) is 0 Å². The van der Waals surface area contributed by atoms with E-state index in [1.165, 1.54) is 0 Å². The minimum absolute atomic E-state index is 0.0407.